The molecule has 5 nitrogen and oxygen atoms in total. The lowest BCUT2D eigenvalue weighted by Crippen LogP contribution is -2.30. The van der Waals surface area contributed by atoms with Crippen molar-refractivity contribution >= 4 is 5.91 Å². The Morgan fingerprint density at radius 2 is 2.15 bits per heavy atom. The molecule has 1 amide bonds. The molecule has 1 saturated heterocycles. The van der Waals surface area contributed by atoms with Gasteiger partial charge in [-0.1, -0.05) is 0 Å². The molecular weight excluding hydrogens is 254 g/mol. The summed E-state index contributed by atoms with van der Waals surface area (Å²) >= 11 is 0. The first kappa shape index (κ1) is 14.9. The van der Waals surface area contributed by atoms with Gasteiger partial charge in [0.15, 0.2) is 0 Å². The normalized spacial score (nSPS) is 18.8. The van der Waals surface area contributed by atoms with Crippen LogP contribution in [0.4, 0.5) is 0 Å². The average Bonchev–Trinajstić information content (AvgIpc) is 2.38. The highest BCUT2D eigenvalue weighted by Crippen LogP contribution is 2.16. The highest BCUT2D eigenvalue weighted by Gasteiger charge is 2.17. The van der Waals surface area contributed by atoms with Crippen LogP contribution in [-0.4, -0.2) is 35.6 Å². The van der Waals surface area contributed by atoms with Crippen molar-refractivity contribution in [2.75, 3.05) is 19.8 Å². The number of hydrogen-bond donors (Lipinski definition) is 1. The topological polar surface area (TPSA) is 64.1 Å². The van der Waals surface area contributed by atoms with Crippen LogP contribution in [-0.2, 0) is 16.0 Å². The summed E-state index contributed by atoms with van der Waals surface area (Å²) in [6.07, 6.45) is 3.39. The van der Waals surface area contributed by atoms with E-state index in [1.54, 1.807) is 0 Å². The number of ether oxygens (including phenoxy) is 1. The van der Waals surface area contributed by atoms with Crippen molar-refractivity contribution in [2.45, 2.75) is 39.5 Å². The molecule has 0 saturated carbocycles. The molecule has 1 N–H and O–H groups in total. The summed E-state index contributed by atoms with van der Waals surface area (Å²) in [6, 6.07) is 1.95. The number of aryl methyl sites for hydroxylation is 2. The van der Waals surface area contributed by atoms with Gasteiger partial charge in [-0.3, -0.25) is 4.79 Å². The smallest absolute Gasteiger partial charge is 0.220 e. The van der Waals surface area contributed by atoms with Crippen LogP contribution in [0.5, 0.6) is 0 Å². The van der Waals surface area contributed by atoms with Gasteiger partial charge in [-0.05, 0) is 38.7 Å². The standard InChI is InChI=1S/C15H23N3O2/c1-11-8-12(2)18-14(17-11)5-6-16-15(19)9-13-4-3-7-20-10-13/h8,13H,3-7,9-10H2,1-2H3,(H,16,19). The van der Waals surface area contributed by atoms with Gasteiger partial charge in [0.2, 0.25) is 5.91 Å². The van der Waals surface area contributed by atoms with Gasteiger partial charge in [0.25, 0.3) is 0 Å². The number of rotatable bonds is 5. The van der Waals surface area contributed by atoms with E-state index < -0.39 is 0 Å². The van der Waals surface area contributed by atoms with Gasteiger partial charge in [-0.25, -0.2) is 9.97 Å². The molecule has 2 heterocycles. The van der Waals surface area contributed by atoms with Crippen molar-refractivity contribution in [3.63, 3.8) is 0 Å². The van der Waals surface area contributed by atoms with Crippen LogP contribution in [0.2, 0.25) is 0 Å². The predicted octanol–water partition coefficient (Wildman–Crippen LogP) is 1.57. The molecule has 1 fully saturated rings. The van der Waals surface area contributed by atoms with Gasteiger partial charge < -0.3 is 10.1 Å². The summed E-state index contributed by atoms with van der Waals surface area (Å²) in [5, 5.41) is 2.94. The first-order valence-electron chi connectivity index (χ1n) is 7.29. The largest absolute Gasteiger partial charge is 0.381 e. The van der Waals surface area contributed by atoms with Crippen molar-refractivity contribution in [2.24, 2.45) is 5.92 Å². The number of nitrogens with zero attached hydrogens (tertiary/aromatic N) is 2. The van der Waals surface area contributed by atoms with Crippen LogP contribution in [0.3, 0.4) is 0 Å². The maximum atomic E-state index is 11.8. The number of carbonyl (C=O) groups is 1. The molecule has 1 aliphatic rings. The highest BCUT2D eigenvalue weighted by atomic mass is 16.5. The van der Waals surface area contributed by atoms with Crippen LogP contribution in [0.25, 0.3) is 0 Å². The Kier molecular flexibility index (Phi) is 5.47. The van der Waals surface area contributed by atoms with Crippen LogP contribution in [0.1, 0.15) is 36.5 Å². The van der Waals surface area contributed by atoms with Gasteiger partial charge in [-0.15, -0.1) is 0 Å². The molecule has 1 unspecified atom stereocenters. The van der Waals surface area contributed by atoms with Crippen LogP contribution < -0.4 is 5.32 Å². The van der Waals surface area contributed by atoms with E-state index in [0.29, 0.717) is 31.9 Å². The summed E-state index contributed by atoms with van der Waals surface area (Å²) in [7, 11) is 0. The van der Waals surface area contributed by atoms with E-state index in [-0.39, 0.29) is 5.91 Å². The minimum absolute atomic E-state index is 0.102. The van der Waals surface area contributed by atoms with E-state index >= 15 is 0 Å². The Labute approximate surface area is 120 Å². The van der Waals surface area contributed by atoms with E-state index in [1.165, 1.54) is 0 Å². The molecule has 2 rings (SSSR count). The van der Waals surface area contributed by atoms with Crippen molar-refractivity contribution in [1.29, 1.82) is 0 Å². The molecule has 1 atom stereocenters. The second-order valence-electron chi connectivity index (χ2n) is 5.45. The first-order valence-corrected chi connectivity index (χ1v) is 7.29. The first-order chi connectivity index (χ1) is 9.63. The van der Waals surface area contributed by atoms with Crippen molar-refractivity contribution in [3.05, 3.63) is 23.3 Å². The van der Waals surface area contributed by atoms with Crippen LogP contribution >= 0.6 is 0 Å². The average molecular weight is 277 g/mol. The summed E-state index contributed by atoms with van der Waals surface area (Å²) in [5.41, 5.74) is 1.94. The molecule has 1 aromatic heterocycles. The Hall–Kier alpha value is -1.49. The number of amides is 1. The number of hydrogen-bond acceptors (Lipinski definition) is 4. The molecule has 0 aromatic carbocycles. The lowest BCUT2D eigenvalue weighted by Gasteiger charge is -2.21. The van der Waals surface area contributed by atoms with E-state index in [4.69, 9.17) is 4.74 Å². The minimum atomic E-state index is 0.102. The van der Waals surface area contributed by atoms with E-state index in [9.17, 15) is 4.79 Å². The minimum Gasteiger partial charge on any atom is -0.381 e. The monoisotopic (exact) mass is 277 g/mol. The van der Waals surface area contributed by atoms with E-state index in [0.717, 1.165) is 36.7 Å². The maximum Gasteiger partial charge on any atom is 0.220 e. The van der Waals surface area contributed by atoms with E-state index in [1.807, 2.05) is 19.9 Å². The zero-order valence-corrected chi connectivity index (χ0v) is 12.3. The third kappa shape index (κ3) is 4.89. The molecule has 1 aliphatic heterocycles. The molecule has 0 bridgehead atoms. The van der Waals surface area contributed by atoms with Crippen molar-refractivity contribution < 1.29 is 9.53 Å². The molecule has 5 heteroatoms. The van der Waals surface area contributed by atoms with Crippen molar-refractivity contribution in [3.8, 4) is 0 Å². The van der Waals surface area contributed by atoms with Crippen LogP contribution in [0.15, 0.2) is 6.07 Å². The fourth-order valence-corrected chi connectivity index (χ4v) is 2.53. The second kappa shape index (κ2) is 7.33. The van der Waals surface area contributed by atoms with Crippen LogP contribution in [0, 0.1) is 19.8 Å². The molecule has 0 aliphatic carbocycles. The van der Waals surface area contributed by atoms with Gasteiger partial charge in [0.05, 0.1) is 0 Å². The summed E-state index contributed by atoms with van der Waals surface area (Å²) in [6.45, 7) is 6.06. The number of carbonyl (C=O) groups excluding carboxylic acids is 1. The third-order valence-electron chi connectivity index (χ3n) is 3.43. The Morgan fingerprint density at radius 3 is 2.80 bits per heavy atom. The maximum absolute atomic E-state index is 11.8. The molecular formula is C15H23N3O2. The molecule has 0 spiro atoms. The third-order valence-corrected chi connectivity index (χ3v) is 3.43. The zero-order chi connectivity index (χ0) is 14.4. The zero-order valence-electron chi connectivity index (χ0n) is 12.3. The Balaban J connectivity index is 1.70. The molecule has 1 aromatic rings. The number of aromatic nitrogens is 2. The highest BCUT2D eigenvalue weighted by molar-refractivity contribution is 5.76. The van der Waals surface area contributed by atoms with Gasteiger partial charge >= 0.3 is 0 Å². The van der Waals surface area contributed by atoms with Crippen molar-refractivity contribution in [1.82, 2.24) is 15.3 Å². The quantitative estimate of drug-likeness (QED) is 0.887. The Bertz CT molecular complexity index is 436. The lowest BCUT2D eigenvalue weighted by molar-refractivity contribution is -0.123. The predicted molar refractivity (Wildman–Crippen MR) is 76.4 cm³/mol. The fraction of sp³-hybridized carbons (Fsp3) is 0.667. The van der Waals surface area contributed by atoms with Gasteiger partial charge in [-0.2, -0.15) is 0 Å². The Morgan fingerprint density at radius 1 is 1.40 bits per heavy atom. The lowest BCUT2D eigenvalue weighted by atomic mass is 9.98. The number of nitrogens with one attached hydrogen (secondary N) is 1. The van der Waals surface area contributed by atoms with Gasteiger partial charge in [0.1, 0.15) is 5.82 Å². The summed E-state index contributed by atoms with van der Waals surface area (Å²) < 4.78 is 5.38. The fourth-order valence-electron chi connectivity index (χ4n) is 2.53. The summed E-state index contributed by atoms with van der Waals surface area (Å²) in [4.78, 5) is 20.6. The molecule has 20 heavy (non-hydrogen) atoms. The summed E-state index contributed by atoms with van der Waals surface area (Å²) in [5.74, 6) is 1.27. The second-order valence-corrected chi connectivity index (χ2v) is 5.45. The van der Waals surface area contributed by atoms with E-state index in [2.05, 4.69) is 15.3 Å². The SMILES string of the molecule is Cc1cc(C)nc(CCNC(=O)CC2CCCOC2)n1. The van der Waals surface area contributed by atoms with Gasteiger partial charge in [0, 0.05) is 44.0 Å². The molecule has 0 radical (unpaired) electrons. The molecule has 110 valence electrons.